The predicted molar refractivity (Wildman–Crippen MR) is 71.1 cm³/mol. The van der Waals surface area contributed by atoms with Crippen LogP contribution in [-0.4, -0.2) is 48.3 Å². The first-order chi connectivity index (χ1) is 8.24. The Morgan fingerprint density at radius 2 is 2.24 bits per heavy atom. The first-order valence-corrected chi connectivity index (χ1v) is 7.40. The van der Waals surface area contributed by atoms with Gasteiger partial charge in [-0.25, -0.2) is 0 Å². The number of fused-ring (bicyclic) bond motifs is 1. The summed E-state index contributed by atoms with van der Waals surface area (Å²) in [5.41, 5.74) is -0.309. The smallest absolute Gasteiger partial charge is 0.0700 e. The van der Waals surface area contributed by atoms with E-state index in [1.165, 1.54) is 32.2 Å². The van der Waals surface area contributed by atoms with E-state index in [0.29, 0.717) is 5.92 Å². The number of rotatable bonds is 5. The van der Waals surface area contributed by atoms with Gasteiger partial charge in [0.15, 0.2) is 0 Å². The molecule has 0 bridgehead atoms. The van der Waals surface area contributed by atoms with Crippen molar-refractivity contribution in [2.75, 3.05) is 32.7 Å². The second-order valence-corrected chi connectivity index (χ2v) is 5.80. The number of aliphatic hydroxyl groups is 1. The van der Waals surface area contributed by atoms with E-state index >= 15 is 0 Å². The molecule has 0 aromatic carbocycles. The molecule has 1 saturated heterocycles. The van der Waals surface area contributed by atoms with Crippen LogP contribution in [0, 0.1) is 5.92 Å². The average Bonchev–Trinajstić information content (AvgIpc) is 2.34. The highest BCUT2D eigenvalue weighted by Gasteiger charge is 2.42. The van der Waals surface area contributed by atoms with Crippen molar-refractivity contribution >= 4 is 0 Å². The van der Waals surface area contributed by atoms with Crippen LogP contribution < -0.4 is 5.32 Å². The van der Waals surface area contributed by atoms with Crippen molar-refractivity contribution in [3.05, 3.63) is 0 Å². The summed E-state index contributed by atoms with van der Waals surface area (Å²) in [7, 11) is 0. The van der Waals surface area contributed by atoms with E-state index in [1.807, 2.05) is 0 Å². The first-order valence-electron chi connectivity index (χ1n) is 7.40. The lowest BCUT2D eigenvalue weighted by atomic mass is 9.71. The van der Waals surface area contributed by atoms with Gasteiger partial charge in [-0.3, -0.25) is 0 Å². The minimum Gasteiger partial charge on any atom is -0.390 e. The fraction of sp³-hybridized carbons (Fsp3) is 1.00. The van der Waals surface area contributed by atoms with E-state index in [1.54, 1.807) is 0 Å². The van der Waals surface area contributed by atoms with E-state index in [4.69, 9.17) is 0 Å². The van der Waals surface area contributed by atoms with Crippen LogP contribution in [0.15, 0.2) is 0 Å². The summed E-state index contributed by atoms with van der Waals surface area (Å²) >= 11 is 0. The van der Waals surface area contributed by atoms with Crippen molar-refractivity contribution in [3.63, 3.8) is 0 Å². The number of nitrogens with one attached hydrogen (secondary N) is 1. The van der Waals surface area contributed by atoms with Gasteiger partial charge in [0.2, 0.25) is 0 Å². The van der Waals surface area contributed by atoms with Gasteiger partial charge < -0.3 is 15.3 Å². The van der Waals surface area contributed by atoms with E-state index in [0.717, 1.165) is 39.0 Å². The van der Waals surface area contributed by atoms with Gasteiger partial charge in [-0.1, -0.05) is 19.8 Å². The molecule has 100 valence electrons. The third kappa shape index (κ3) is 3.43. The van der Waals surface area contributed by atoms with Gasteiger partial charge in [-0.15, -0.1) is 0 Å². The minimum atomic E-state index is -0.309. The Kier molecular flexibility index (Phi) is 4.83. The lowest BCUT2D eigenvalue weighted by Gasteiger charge is -2.47. The normalized spacial score (nSPS) is 34.6. The summed E-state index contributed by atoms with van der Waals surface area (Å²) in [6.45, 7) is 7.77. The van der Waals surface area contributed by atoms with Crippen LogP contribution in [0.3, 0.4) is 0 Å². The average molecular weight is 240 g/mol. The SMILES string of the molecule is CCNCCCN1CCC2(O)CCCCC2C1. The Hall–Kier alpha value is -0.120. The maximum Gasteiger partial charge on any atom is 0.0700 e. The molecule has 1 aliphatic heterocycles. The summed E-state index contributed by atoms with van der Waals surface area (Å²) in [4.78, 5) is 2.56. The molecule has 0 amide bonds. The molecule has 0 aromatic rings. The molecule has 3 heteroatoms. The minimum absolute atomic E-state index is 0.309. The Morgan fingerprint density at radius 1 is 1.35 bits per heavy atom. The van der Waals surface area contributed by atoms with Crippen molar-refractivity contribution in [1.82, 2.24) is 10.2 Å². The van der Waals surface area contributed by atoms with Crippen molar-refractivity contribution in [2.45, 2.75) is 51.0 Å². The van der Waals surface area contributed by atoms with E-state index in [2.05, 4.69) is 17.1 Å². The number of piperidine rings is 1. The molecular weight excluding hydrogens is 212 g/mol. The fourth-order valence-electron chi connectivity index (χ4n) is 3.45. The molecule has 2 rings (SSSR count). The number of nitrogens with zero attached hydrogens (tertiary/aromatic N) is 1. The van der Waals surface area contributed by atoms with E-state index in [9.17, 15) is 5.11 Å². The molecule has 2 N–H and O–H groups in total. The Bertz CT molecular complexity index is 234. The molecule has 17 heavy (non-hydrogen) atoms. The topological polar surface area (TPSA) is 35.5 Å². The maximum atomic E-state index is 10.6. The van der Waals surface area contributed by atoms with Crippen molar-refractivity contribution in [1.29, 1.82) is 0 Å². The van der Waals surface area contributed by atoms with Crippen molar-refractivity contribution in [2.24, 2.45) is 5.92 Å². The van der Waals surface area contributed by atoms with Gasteiger partial charge in [0, 0.05) is 19.0 Å². The molecule has 2 fully saturated rings. The van der Waals surface area contributed by atoms with Crippen LogP contribution in [0.25, 0.3) is 0 Å². The second-order valence-electron chi connectivity index (χ2n) is 5.80. The van der Waals surface area contributed by atoms with E-state index in [-0.39, 0.29) is 5.60 Å². The Balaban J connectivity index is 1.73. The highest BCUT2D eigenvalue weighted by Crippen LogP contribution is 2.39. The third-order valence-electron chi connectivity index (χ3n) is 4.59. The van der Waals surface area contributed by atoms with Crippen LogP contribution in [0.4, 0.5) is 0 Å². The largest absolute Gasteiger partial charge is 0.390 e. The quantitative estimate of drug-likeness (QED) is 0.717. The molecule has 2 atom stereocenters. The fourth-order valence-corrected chi connectivity index (χ4v) is 3.45. The highest BCUT2D eigenvalue weighted by molar-refractivity contribution is 4.95. The zero-order valence-electron chi connectivity index (χ0n) is 11.2. The van der Waals surface area contributed by atoms with Crippen molar-refractivity contribution in [3.8, 4) is 0 Å². The van der Waals surface area contributed by atoms with Crippen molar-refractivity contribution < 1.29 is 5.11 Å². The monoisotopic (exact) mass is 240 g/mol. The van der Waals surface area contributed by atoms with Gasteiger partial charge >= 0.3 is 0 Å². The van der Waals surface area contributed by atoms with Gasteiger partial charge in [0.05, 0.1) is 5.60 Å². The number of hydrogen-bond acceptors (Lipinski definition) is 3. The lowest BCUT2D eigenvalue weighted by molar-refractivity contribution is -0.0952. The predicted octanol–water partition coefficient (Wildman–Crippen LogP) is 1.61. The van der Waals surface area contributed by atoms with E-state index < -0.39 is 0 Å². The standard InChI is InChI=1S/C14H28N2O/c1-2-15-9-5-10-16-11-8-14(17)7-4-3-6-13(14)12-16/h13,15,17H,2-12H2,1H3. The molecule has 1 saturated carbocycles. The van der Waals surface area contributed by atoms with Crippen LogP contribution >= 0.6 is 0 Å². The molecule has 3 nitrogen and oxygen atoms in total. The Labute approximate surface area is 106 Å². The maximum absolute atomic E-state index is 10.6. The Morgan fingerprint density at radius 3 is 3.06 bits per heavy atom. The van der Waals surface area contributed by atoms with Crippen LogP contribution in [0.5, 0.6) is 0 Å². The first kappa shape index (κ1) is 13.3. The number of likely N-dealkylation sites (tertiary alicyclic amines) is 1. The zero-order chi connectivity index (χ0) is 12.1. The van der Waals surface area contributed by atoms with Gasteiger partial charge in [0.1, 0.15) is 0 Å². The van der Waals surface area contributed by atoms with Gasteiger partial charge in [-0.05, 0) is 45.3 Å². The second kappa shape index (κ2) is 6.17. The zero-order valence-corrected chi connectivity index (χ0v) is 11.2. The molecule has 2 aliphatic rings. The molecule has 2 unspecified atom stereocenters. The summed E-state index contributed by atoms with van der Waals surface area (Å²) < 4.78 is 0. The number of hydrogen-bond donors (Lipinski definition) is 2. The molecular formula is C14H28N2O. The molecule has 1 heterocycles. The van der Waals surface area contributed by atoms with Gasteiger partial charge in [-0.2, -0.15) is 0 Å². The highest BCUT2D eigenvalue weighted by atomic mass is 16.3. The molecule has 0 aromatic heterocycles. The summed E-state index contributed by atoms with van der Waals surface area (Å²) in [6.07, 6.45) is 7.06. The van der Waals surface area contributed by atoms with Crippen LogP contribution in [0.2, 0.25) is 0 Å². The third-order valence-corrected chi connectivity index (χ3v) is 4.59. The summed E-state index contributed by atoms with van der Waals surface area (Å²) in [5, 5.41) is 14.0. The molecule has 1 aliphatic carbocycles. The molecule has 0 radical (unpaired) electrons. The summed E-state index contributed by atoms with van der Waals surface area (Å²) in [6, 6.07) is 0. The molecule has 0 spiro atoms. The summed E-state index contributed by atoms with van der Waals surface area (Å²) in [5.74, 6) is 0.545. The van der Waals surface area contributed by atoms with Crippen LogP contribution in [0.1, 0.15) is 45.4 Å². The van der Waals surface area contributed by atoms with Gasteiger partial charge in [0.25, 0.3) is 0 Å². The van der Waals surface area contributed by atoms with Crippen LogP contribution in [-0.2, 0) is 0 Å². The lowest BCUT2D eigenvalue weighted by Crippen LogP contribution is -2.53.